The van der Waals surface area contributed by atoms with Gasteiger partial charge in [-0.2, -0.15) is 13.2 Å². The molecule has 2 aromatic rings. The van der Waals surface area contributed by atoms with E-state index in [0.717, 1.165) is 16.5 Å². The van der Waals surface area contributed by atoms with Gasteiger partial charge in [0.05, 0.1) is 12.7 Å². The lowest BCUT2D eigenvalue weighted by atomic mass is 10.0. The topological polar surface area (TPSA) is 68.5 Å². The van der Waals surface area contributed by atoms with Crippen molar-refractivity contribution in [2.45, 2.75) is 26.4 Å². The Bertz CT molecular complexity index is 765. The van der Waals surface area contributed by atoms with Gasteiger partial charge in [-0.1, -0.05) is 0 Å². The van der Waals surface area contributed by atoms with Crippen LogP contribution >= 0.6 is 0 Å². The quantitative estimate of drug-likeness (QED) is 0.848. The monoisotopic (exact) mass is 343 g/mol. The lowest BCUT2D eigenvalue weighted by Gasteiger charge is -2.08. The second-order valence-electron chi connectivity index (χ2n) is 5.42. The molecule has 1 amide bonds. The van der Waals surface area contributed by atoms with Crippen LogP contribution in [0.5, 0.6) is 0 Å². The molecule has 0 unspecified atom stereocenters. The molecule has 0 aliphatic heterocycles. The predicted octanol–water partition coefficient (Wildman–Crippen LogP) is 2.81. The van der Waals surface area contributed by atoms with Crippen LogP contribution in [0.25, 0.3) is 11.0 Å². The van der Waals surface area contributed by atoms with E-state index in [-0.39, 0.29) is 6.42 Å². The average molecular weight is 343 g/mol. The maximum atomic E-state index is 11.9. The number of halogens is 3. The minimum atomic E-state index is -4.51. The maximum Gasteiger partial charge on any atom is 0.405 e. The average Bonchev–Trinajstić information content (AvgIpc) is 2.85. The molecule has 0 aliphatic carbocycles. The fraction of sp³-hybridized carbons (Fsp3) is 0.375. The summed E-state index contributed by atoms with van der Waals surface area (Å²) in [4.78, 5) is 22.9. The van der Waals surface area contributed by atoms with Crippen LogP contribution < -0.4 is 5.32 Å². The van der Waals surface area contributed by atoms with E-state index in [1.165, 1.54) is 6.26 Å². The number of rotatable bonds is 5. The number of ether oxygens (including phenoxy) is 1. The van der Waals surface area contributed by atoms with E-state index in [1.807, 2.05) is 26.0 Å². The number of alkyl halides is 3. The lowest BCUT2D eigenvalue weighted by Crippen LogP contribution is -2.36. The standard InChI is InChI=1S/C16H16F3NO4/c1-9-3-12-11(6-23-13(12)4-10(9)2)5-15(22)24-7-14(21)20-8-16(17,18)19/h3-4,6H,5,7-8H2,1-2H3,(H,20,21). The number of esters is 1. The van der Waals surface area contributed by atoms with Crippen molar-refractivity contribution in [3.8, 4) is 0 Å². The van der Waals surface area contributed by atoms with Gasteiger partial charge in [0.25, 0.3) is 5.91 Å². The molecular formula is C16H16F3NO4. The second-order valence-corrected chi connectivity index (χ2v) is 5.42. The third-order valence-electron chi connectivity index (χ3n) is 3.46. The Balaban J connectivity index is 1.91. The van der Waals surface area contributed by atoms with Crippen LogP contribution in [-0.2, 0) is 20.7 Å². The highest BCUT2D eigenvalue weighted by molar-refractivity contribution is 5.87. The molecule has 0 fully saturated rings. The van der Waals surface area contributed by atoms with E-state index in [2.05, 4.69) is 4.74 Å². The molecule has 2 rings (SSSR count). The van der Waals surface area contributed by atoms with Crippen molar-refractivity contribution in [1.82, 2.24) is 5.32 Å². The van der Waals surface area contributed by atoms with E-state index < -0.39 is 31.2 Å². The zero-order valence-corrected chi connectivity index (χ0v) is 13.1. The SMILES string of the molecule is Cc1cc2occ(CC(=O)OCC(=O)NCC(F)(F)F)c2cc1C. The van der Waals surface area contributed by atoms with E-state index in [1.54, 1.807) is 5.32 Å². The van der Waals surface area contributed by atoms with Crippen LogP contribution in [-0.4, -0.2) is 31.2 Å². The molecule has 0 bridgehead atoms. The van der Waals surface area contributed by atoms with Crippen molar-refractivity contribution < 1.29 is 31.9 Å². The van der Waals surface area contributed by atoms with Gasteiger partial charge < -0.3 is 14.5 Å². The van der Waals surface area contributed by atoms with Crippen molar-refractivity contribution in [3.05, 3.63) is 35.1 Å². The van der Waals surface area contributed by atoms with Gasteiger partial charge in [-0.25, -0.2) is 0 Å². The van der Waals surface area contributed by atoms with Crippen LogP contribution in [0.2, 0.25) is 0 Å². The molecule has 1 N–H and O–H groups in total. The van der Waals surface area contributed by atoms with Gasteiger partial charge in [0, 0.05) is 10.9 Å². The first kappa shape index (κ1) is 17.8. The highest BCUT2D eigenvalue weighted by Crippen LogP contribution is 2.25. The normalized spacial score (nSPS) is 11.5. The Morgan fingerprint density at radius 2 is 1.88 bits per heavy atom. The van der Waals surface area contributed by atoms with Gasteiger partial charge >= 0.3 is 12.1 Å². The third kappa shape index (κ3) is 4.74. The first-order valence-corrected chi connectivity index (χ1v) is 7.12. The molecule has 1 aromatic carbocycles. The van der Waals surface area contributed by atoms with Crippen LogP contribution in [0.15, 0.2) is 22.8 Å². The predicted molar refractivity (Wildman–Crippen MR) is 79.4 cm³/mol. The summed E-state index contributed by atoms with van der Waals surface area (Å²) in [5, 5.41) is 2.38. The number of benzene rings is 1. The molecule has 0 saturated heterocycles. The summed E-state index contributed by atoms with van der Waals surface area (Å²) in [6.45, 7) is 1.64. The third-order valence-corrected chi connectivity index (χ3v) is 3.46. The van der Waals surface area contributed by atoms with Crippen LogP contribution in [0, 0.1) is 13.8 Å². The lowest BCUT2D eigenvalue weighted by molar-refractivity contribution is -0.150. The second kappa shape index (κ2) is 6.94. The van der Waals surface area contributed by atoms with Gasteiger partial charge in [0.15, 0.2) is 6.61 Å². The molecule has 24 heavy (non-hydrogen) atoms. The van der Waals surface area contributed by atoms with Crippen molar-refractivity contribution in [1.29, 1.82) is 0 Å². The van der Waals surface area contributed by atoms with Crippen LogP contribution in [0.4, 0.5) is 13.2 Å². The van der Waals surface area contributed by atoms with Crippen molar-refractivity contribution in [3.63, 3.8) is 0 Å². The van der Waals surface area contributed by atoms with Gasteiger partial charge in [-0.05, 0) is 37.1 Å². The summed E-state index contributed by atoms with van der Waals surface area (Å²) >= 11 is 0. The molecule has 8 heteroatoms. The number of hydrogen-bond donors (Lipinski definition) is 1. The zero-order chi connectivity index (χ0) is 17.9. The zero-order valence-electron chi connectivity index (χ0n) is 13.1. The molecule has 5 nitrogen and oxygen atoms in total. The highest BCUT2D eigenvalue weighted by Gasteiger charge is 2.27. The number of furan rings is 1. The Morgan fingerprint density at radius 1 is 1.21 bits per heavy atom. The minimum Gasteiger partial charge on any atom is -0.464 e. The Labute approximate surface area is 135 Å². The number of fused-ring (bicyclic) bond motifs is 1. The summed E-state index contributed by atoms with van der Waals surface area (Å²) in [6.07, 6.45) is -3.22. The van der Waals surface area contributed by atoms with E-state index in [4.69, 9.17) is 4.42 Å². The van der Waals surface area contributed by atoms with E-state index >= 15 is 0 Å². The van der Waals surface area contributed by atoms with Crippen molar-refractivity contribution >= 4 is 22.8 Å². The molecule has 0 saturated carbocycles. The molecule has 0 spiro atoms. The van der Waals surface area contributed by atoms with Crippen molar-refractivity contribution in [2.24, 2.45) is 0 Å². The molecule has 130 valence electrons. The first-order valence-electron chi connectivity index (χ1n) is 7.12. The van der Waals surface area contributed by atoms with Crippen molar-refractivity contribution in [2.75, 3.05) is 13.2 Å². The van der Waals surface area contributed by atoms with Gasteiger partial charge in [0.2, 0.25) is 0 Å². The van der Waals surface area contributed by atoms with Crippen LogP contribution in [0.3, 0.4) is 0 Å². The molecule has 1 aromatic heterocycles. The summed E-state index contributed by atoms with van der Waals surface area (Å²) in [6, 6.07) is 3.73. The van der Waals surface area contributed by atoms with Gasteiger partial charge in [0.1, 0.15) is 12.1 Å². The maximum absolute atomic E-state index is 11.9. The van der Waals surface area contributed by atoms with Gasteiger partial charge in [-0.15, -0.1) is 0 Å². The number of amides is 1. The molecule has 0 radical (unpaired) electrons. The molecule has 0 aliphatic rings. The number of carbonyl (C=O) groups is 2. The number of hydrogen-bond acceptors (Lipinski definition) is 4. The summed E-state index contributed by atoms with van der Waals surface area (Å²) in [5.41, 5.74) is 3.30. The number of nitrogens with one attached hydrogen (secondary N) is 1. The molecule has 0 atom stereocenters. The Kier molecular flexibility index (Phi) is 5.16. The largest absolute Gasteiger partial charge is 0.464 e. The Morgan fingerprint density at radius 3 is 2.54 bits per heavy atom. The summed E-state index contributed by atoms with van der Waals surface area (Å²) in [5.74, 6) is -1.73. The molecule has 1 heterocycles. The van der Waals surface area contributed by atoms with E-state index in [0.29, 0.717) is 11.1 Å². The Hall–Kier alpha value is -2.51. The van der Waals surface area contributed by atoms with Gasteiger partial charge in [-0.3, -0.25) is 9.59 Å². The molecular weight excluding hydrogens is 327 g/mol. The number of aryl methyl sites for hydroxylation is 2. The highest BCUT2D eigenvalue weighted by atomic mass is 19.4. The van der Waals surface area contributed by atoms with E-state index in [9.17, 15) is 22.8 Å². The minimum absolute atomic E-state index is 0.137. The number of carbonyl (C=O) groups excluding carboxylic acids is 2. The fourth-order valence-electron chi connectivity index (χ4n) is 2.08. The summed E-state index contributed by atoms with van der Waals surface area (Å²) < 4.78 is 45.9. The summed E-state index contributed by atoms with van der Waals surface area (Å²) in [7, 11) is 0. The van der Waals surface area contributed by atoms with Crippen LogP contribution in [0.1, 0.15) is 16.7 Å². The fourth-order valence-corrected chi connectivity index (χ4v) is 2.08. The first-order chi connectivity index (χ1) is 11.2. The smallest absolute Gasteiger partial charge is 0.405 e.